The van der Waals surface area contributed by atoms with E-state index in [0.29, 0.717) is 0 Å². The number of nitrogens with zero attached hydrogens (tertiary/aromatic N) is 4. The second-order valence-electron chi connectivity index (χ2n) is 4.80. The zero-order chi connectivity index (χ0) is 13.3. The minimum Gasteiger partial charge on any atom is -0.193 e. The lowest BCUT2D eigenvalue weighted by molar-refractivity contribution is 0.714. The van der Waals surface area contributed by atoms with Gasteiger partial charge in [-0.3, -0.25) is 0 Å². The number of nitrogens with one attached hydrogen (secondary N) is 1. The van der Waals surface area contributed by atoms with Crippen molar-refractivity contribution in [2.45, 2.75) is 51.4 Å². The fourth-order valence-electron chi connectivity index (χ4n) is 2.28. The predicted molar refractivity (Wildman–Crippen MR) is 72.8 cm³/mol. The smallest absolute Gasteiger partial charge is 0.193 e. The molecule has 1 N–H and O–H groups in total. The number of nitriles is 1. The van der Waals surface area contributed by atoms with Crippen molar-refractivity contribution >= 4 is 5.57 Å². The largest absolute Gasteiger partial charge is 0.200 e. The predicted octanol–water partition coefficient (Wildman–Crippen LogP) is 3.17. The lowest BCUT2D eigenvalue weighted by atomic mass is 9.99. The third-order valence-corrected chi connectivity index (χ3v) is 3.36. The van der Waals surface area contributed by atoms with E-state index in [0.717, 1.165) is 37.1 Å². The molecule has 0 saturated heterocycles. The summed E-state index contributed by atoms with van der Waals surface area (Å²) in [4.78, 5) is 0. The normalized spacial score (nSPS) is 18.5. The van der Waals surface area contributed by atoms with E-state index in [1.54, 1.807) is 0 Å². The van der Waals surface area contributed by atoms with Crippen LogP contribution in [-0.2, 0) is 0 Å². The number of hydrogen-bond acceptors (Lipinski definition) is 4. The zero-order valence-electron chi connectivity index (χ0n) is 11.1. The number of allylic oxidation sites excluding steroid dienone is 4. The van der Waals surface area contributed by atoms with Crippen LogP contribution in [0.15, 0.2) is 17.7 Å². The van der Waals surface area contributed by atoms with Crippen LogP contribution < -0.4 is 0 Å². The molecule has 0 unspecified atom stereocenters. The molecule has 0 radical (unpaired) electrons. The maximum atomic E-state index is 8.37. The van der Waals surface area contributed by atoms with Gasteiger partial charge in [0.05, 0.1) is 6.07 Å². The van der Waals surface area contributed by atoms with E-state index >= 15 is 0 Å². The number of hydrogen-bond donors (Lipinski definition) is 1. The van der Waals surface area contributed by atoms with Gasteiger partial charge in [-0.15, -0.1) is 10.2 Å². The summed E-state index contributed by atoms with van der Waals surface area (Å²) >= 11 is 0. The summed E-state index contributed by atoms with van der Waals surface area (Å²) < 4.78 is 0. The van der Waals surface area contributed by atoms with E-state index in [-0.39, 0.29) is 0 Å². The minimum absolute atomic E-state index is 0.768. The van der Waals surface area contributed by atoms with Gasteiger partial charge in [-0.05, 0) is 62.2 Å². The molecule has 0 spiro atoms. The Kier molecular flexibility index (Phi) is 5.30. The topological polar surface area (TPSA) is 78.2 Å². The van der Waals surface area contributed by atoms with Crippen molar-refractivity contribution < 1.29 is 0 Å². The molecular weight excluding hydrogens is 238 g/mol. The van der Waals surface area contributed by atoms with Crippen LogP contribution in [0.1, 0.15) is 57.2 Å². The summed E-state index contributed by atoms with van der Waals surface area (Å²) in [5.41, 5.74) is 2.22. The van der Waals surface area contributed by atoms with Gasteiger partial charge in [-0.1, -0.05) is 12.2 Å². The summed E-state index contributed by atoms with van der Waals surface area (Å²) in [5.74, 6) is 0.768. The molecule has 0 atom stereocenters. The number of H-pyrrole nitrogens is 1. The molecule has 5 nitrogen and oxygen atoms in total. The van der Waals surface area contributed by atoms with E-state index in [9.17, 15) is 0 Å². The minimum atomic E-state index is 0.768. The van der Waals surface area contributed by atoms with E-state index in [1.165, 1.54) is 31.3 Å². The summed E-state index contributed by atoms with van der Waals surface area (Å²) in [6.45, 7) is 0. The Labute approximate surface area is 113 Å². The van der Waals surface area contributed by atoms with Crippen molar-refractivity contribution in [3.05, 3.63) is 23.5 Å². The van der Waals surface area contributed by atoms with Crippen molar-refractivity contribution in [1.82, 2.24) is 20.6 Å². The second-order valence-corrected chi connectivity index (χ2v) is 4.80. The first kappa shape index (κ1) is 13.5. The lowest BCUT2D eigenvalue weighted by Crippen LogP contribution is -1.93. The van der Waals surface area contributed by atoms with E-state index in [2.05, 4.69) is 32.8 Å². The maximum Gasteiger partial charge on any atom is 0.200 e. The van der Waals surface area contributed by atoms with Gasteiger partial charge in [-0.2, -0.15) is 10.5 Å². The molecule has 2 aliphatic carbocycles. The van der Waals surface area contributed by atoms with Gasteiger partial charge in [-0.25, -0.2) is 0 Å². The van der Waals surface area contributed by atoms with Crippen LogP contribution in [0.25, 0.3) is 5.57 Å². The van der Waals surface area contributed by atoms with Crippen molar-refractivity contribution in [2.75, 3.05) is 0 Å². The van der Waals surface area contributed by atoms with Crippen LogP contribution in [0.3, 0.4) is 0 Å². The Hall–Kier alpha value is -1.96. The first-order valence-corrected chi connectivity index (χ1v) is 6.92. The van der Waals surface area contributed by atoms with Crippen LogP contribution in [0.4, 0.5) is 0 Å². The van der Waals surface area contributed by atoms with Crippen LogP contribution in [0, 0.1) is 11.3 Å². The molecule has 0 bridgehead atoms. The highest BCUT2D eigenvalue weighted by Gasteiger charge is 2.08. The fraction of sp³-hybridized carbons (Fsp3) is 0.571. The molecule has 1 aromatic rings. The van der Waals surface area contributed by atoms with E-state index in [1.807, 2.05) is 6.08 Å². The molecule has 1 aromatic heterocycles. The number of aromatic nitrogens is 4. The van der Waals surface area contributed by atoms with Crippen molar-refractivity contribution in [2.24, 2.45) is 0 Å². The number of aromatic amines is 1. The van der Waals surface area contributed by atoms with Gasteiger partial charge in [0.15, 0.2) is 5.82 Å². The van der Waals surface area contributed by atoms with Gasteiger partial charge in [0.1, 0.15) is 0 Å². The summed E-state index contributed by atoms with van der Waals surface area (Å²) in [7, 11) is 0. The van der Waals surface area contributed by atoms with Gasteiger partial charge in [0.2, 0.25) is 0 Å². The van der Waals surface area contributed by atoms with Gasteiger partial charge >= 0.3 is 0 Å². The van der Waals surface area contributed by atoms with Crippen LogP contribution >= 0.6 is 0 Å². The lowest BCUT2D eigenvalue weighted by Gasteiger charge is -2.07. The van der Waals surface area contributed by atoms with Gasteiger partial charge in [0, 0.05) is 5.57 Å². The summed E-state index contributed by atoms with van der Waals surface area (Å²) in [5, 5.41) is 22.2. The van der Waals surface area contributed by atoms with E-state index < -0.39 is 0 Å². The molecule has 1 heterocycles. The summed E-state index contributed by atoms with van der Waals surface area (Å²) in [6.07, 6.45) is 13.6. The average Bonchev–Trinajstić information content (AvgIpc) is 3.04. The van der Waals surface area contributed by atoms with Crippen molar-refractivity contribution in [3.8, 4) is 6.07 Å². The monoisotopic (exact) mass is 257 g/mol. The van der Waals surface area contributed by atoms with Gasteiger partial charge in [0.25, 0.3) is 0 Å². The molecule has 3 rings (SSSR count). The van der Waals surface area contributed by atoms with Gasteiger partial charge < -0.3 is 0 Å². The average molecular weight is 257 g/mol. The first-order valence-electron chi connectivity index (χ1n) is 6.92. The maximum absolute atomic E-state index is 8.37. The molecule has 0 fully saturated rings. The zero-order valence-corrected chi connectivity index (χ0v) is 11.1. The molecule has 19 heavy (non-hydrogen) atoms. The molecule has 5 heteroatoms. The molecule has 100 valence electrons. The fourth-order valence-corrected chi connectivity index (χ4v) is 2.28. The number of rotatable bonds is 1. The third-order valence-electron chi connectivity index (χ3n) is 3.36. The third kappa shape index (κ3) is 4.32. The van der Waals surface area contributed by atoms with Crippen LogP contribution in [-0.4, -0.2) is 20.6 Å². The van der Waals surface area contributed by atoms with E-state index in [4.69, 9.17) is 5.26 Å². The molecule has 0 aliphatic heterocycles. The van der Waals surface area contributed by atoms with Crippen molar-refractivity contribution in [1.29, 1.82) is 5.26 Å². The highest BCUT2D eigenvalue weighted by Crippen LogP contribution is 2.23. The first-order chi connectivity index (χ1) is 9.40. The summed E-state index contributed by atoms with van der Waals surface area (Å²) in [6, 6.07) is 2.16. The SMILES string of the molecule is C1=C(c2nn[nH]n2)CCCC1.N#CC1=CCCCC1. The molecule has 2 aliphatic rings. The molecule has 0 saturated carbocycles. The molecule has 0 aromatic carbocycles. The van der Waals surface area contributed by atoms with Crippen molar-refractivity contribution in [3.63, 3.8) is 0 Å². The highest BCUT2D eigenvalue weighted by atomic mass is 15.5. The molecular formula is C14H19N5. The quantitative estimate of drug-likeness (QED) is 0.838. The van der Waals surface area contributed by atoms with Crippen LogP contribution in [0.5, 0.6) is 0 Å². The Balaban J connectivity index is 0.000000148. The Morgan fingerprint density at radius 1 is 1.05 bits per heavy atom. The Morgan fingerprint density at radius 2 is 1.84 bits per heavy atom. The second kappa shape index (κ2) is 7.47. The highest BCUT2D eigenvalue weighted by molar-refractivity contribution is 5.59. The Morgan fingerprint density at radius 3 is 2.32 bits per heavy atom. The molecule has 0 amide bonds. The standard InChI is InChI=1S/C7H10N4.C7H9N/c1-2-4-6(5-3-1)7-8-10-11-9-7;8-6-7-4-2-1-3-5-7/h4H,1-3,5H2,(H,8,9,10,11);4H,1-3,5H2. The number of tetrazole rings is 1. The Bertz CT molecular complexity index is 478. The van der Waals surface area contributed by atoms with Crippen LogP contribution in [0.2, 0.25) is 0 Å².